The molecule has 2 N–H and O–H groups in total. The third-order valence-electron chi connectivity index (χ3n) is 4.54. The molecule has 1 aromatic carbocycles. The summed E-state index contributed by atoms with van der Waals surface area (Å²) in [4.78, 5) is 0. The lowest BCUT2D eigenvalue weighted by molar-refractivity contribution is -0.511. The number of aliphatic hydroxyl groups is 2. The molecule has 0 spiro atoms. The zero-order valence-electron chi connectivity index (χ0n) is 12.2. The van der Waals surface area contributed by atoms with Crippen molar-refractivity contribution in [3.05, 3.63) is 47.1 Å². The van der Waals surface area contributed by atoms with Crippen LogP contribution < -0.4 is 24.3 Å². The summed E-state index contributed by atoms with van der Waals surface area (Å²) in [6.45, 7) is 0.251. The molecule has 0 bridgehead atoms. The average molecular weight is 308 g/mol. The van der Waals surface area contributed by atoms with Crippen molar-refractivity contribution in [3.63, 3.8) is 0 Å². The van der Waals surface area contributed by atoms with Crippen LogP contribution in [0.25, 0.3) is 28.1 Å². The minimum absolute atomic E-state index is 0.0303. The monoisotopic (exact) mass is 308 g/mol. The molecule has 1 aliphatic heterocycles. The highest BCUT2D eigenvalue weighted by Gasteiger charge is 2.20. The maximum atomic E-state index is 10.1. The van der Waals surface area contributed by atoms with E-state index >= 15 is 0 Å². The van der Waals surface area contributed by atoms with Crippen LogP contribution in [0.3, 0.4) is 0 Å². The van der Waals surface area contributed by atoms with Crippen molar-refractivity contribution in [2.45, 2.75) is 12.5 Å². The summed E-state index contributed by atoms with van der Waals surface area (Å²) < 4.78 is 12.9. The number of benzene rings is 1. The molecule has 1 aliphatic carbocycles. The summed E-state index contributed by atoms with van der Waals surface area (Å²) in [6.07, 6.45) is 5.34. The maximum absolute atomic E-state index is 10.1. The molecular weight excluding hydrogens is 294 g/mol. The number of nitrogens with zero attached hydrogens (tertiary/aromatic N) is 1. The van der Waals surface area contributed by atoms with Gasteiger partial charge in [-0.15, -0.1) is 0 Å². The van der Waals surface area contributed by atoms with Gasteiger partial charge in [-0.2, -0.15) is 4.40 Å². The van der Waals surface area contributed by atoms with Crippen LogP contribution in [0.4, 0.5) is 0 Å². The van der Waals surface area contributed by atoms with Gasteiger partial charge < -0.3 is 19.7 Å². The van der Waals surface area contributed by atoms with E-state index in [0.29, 0.717) is 11.6 Å². The Morgan fingerprint density at radius 1 is 1.13 bits per heavy atom. The molecule has 2 aromatic heterocycles. The average Bonchev–Trinajstić information content (AvgIpc) is 3.02. The number of aromatic nitrogens is 1. The van der Waals surface area contributed by atoms with Crippen molar-refractivity contribution in [1.82, 2.24) is 0 Å². The van der Waals surface area contributed by atoms with E-state index < -0.39 is 6.10 Å². The predicted octanol–water partition coefficient (Wildman–Crippen LogP) is 0.518. The molecule has 2 aliphatic rings. The fraction of sp³-hybridized carbons (Fsp3) is 0.167. The van der Waals surface area contributed by atoms with Crippen LogP contribution in [0.5, 0.6) is 11.5 Å². The largest absolute Gasteiger partial charge is 0.509 e. The topological polar surface area (TPSA) is 63.0 Å². The molecule has 0 fully saturated rings. The summed E-state index contributed by atoms with van der Waals surface area (Å²) in [5.74, 6) is 1.54. The summed E-state index contributed by atoms with van der Waals surface area (Å²) >= 11 is 0. The van der Waals surface area contributed by atoms with Crippen molar-refractivity contribution in [2.24, 2.45) is 0 Å². The summed E-state index contributed by atoms with van der Waals surface area (Å²) in [5, 5.41) is 23.7. The normalized spacial score (nSPS) is 19.0. The lowest BCUT2D eigenvalue weighted by atomic mass is 10.0. The predicted molar refractivity (Wildman–Crippen MR) is 83.6 cm³/mol. The Morgan fingerprint density at radius 3 is 2.83 bits per heavy atom. The lowest BCUT2D eigenvalue weighted by Crippen LogP contribution is -2.41. The first-order valence-electron chi connectivity index (χ1n) is 7.49. The fourth-order valence-electron chi connectivity index (χ4n) is 3.31. The van der Waals surface area contributed by atoms with E-state index in [1.807, 2.05) is 47.1 Å². The Hall–Kier alpha value is -2.79. The third-order valence-corrected chi connectivity index (χ3v) is 4.54. The second-order valence-electron chi connectivity index (χ2n) is 5.88. The van der Waals surface area contributed by atoms with Crippen LogP contribution in [0.15, 0.2) is 36.7 Å². The highest BCUT2D eigenvalue weighted by atomic mass is 16.7. The van der Waals surface area contributed by atoms with E-state index in [9.17, 15) is 10.2 Å². The number of pyridine rings is 2. The second-order valence-corrected chi connectivity index (χ2v) is 5.88. The Morgan fingerprint density at radius 2 is 1.96 bits per heavy atom. The molecule has 5 rings (SSSR count). The molecule has 23 heavy (non-hydrogen) atoms. The van der Waals surface area contributed by atoms with Gasteiger partial charge in [0.2, 0.25) is 12.3 Å². The van der Waals surface area contributed by atoms with Crippen LogP contribution in [0.2, 0.25) is 0 Å². The number of aliphatic hydroxyl groups excluding tert-OH is 2. The van der Waals surface area contributed by atoms with Crippen molar-refractivity contribution in [3.8, 4) is 11.5 Å². The third kappa shape index (κ3) is 1.74. The van der Waals surface area contributed by atoms with E-state index in [0.717, 1.165) is 33.0 Å². The molecule has 0 saturated heterocycles. The molecule has 1 atom stereocenters. The van der Waals surface area contributed by atoms with Crippen molar-refractivity contribution >= 4 is 28.1 Å². The minimum atomic E-state index is -0.824. The highest BCUT2D eigenvalue weighted by Crippen LogP contribution is 2.36. The van der Waals surface area contributed by atoms with Gasteiger partial charge in [-0.05, 0) is 29.2 Å². The molecule has 3 aromatic rings. The molecule has 3 heterocycles. The van der Waals surface area contributed by atoms with Gasteiger partial charge in [0.1, 0.15) is 11.9 Å². The highest BCUT2D eigenvalue weighted by molar-refractivity contribution is 5.96. The maximum Gasteiger partial charge on any atom is 0.231 e. The van der Waals surface area contributed by atoms with E-state index in [1.165, 1.54) is 0 Å². The Balaban J connectivity index is 1.93. The van der Waals surface area contributed by atoms with Gasteiger partial charge in [0.15, 0.2) is 23.9 Å². The van der Waals surface area contributed by atoms with Gasteiger partial charge in [-0.25, -0.2) is 0 Å². The summed E-state index contributed by atoms with van der Waals surface area (Å²) in [5.41, 5.74) is 1.01. The molecule has 5 heteroatoms. The van der Waals surface area contributed by atoms with Crippen molar-refractivity contribution < 1.29 is 24.1 Å². The summed E-state index contributed by atoms with van der Waals surface area (Å²) in [6, 6.07) is 7.99. The van der Waals surface area contributed by atoms with Gasteiger partial charge >= 0.3 is 0 Å². The Kier molecular flexibility index (Phi) is 2.41. The van der Waals surface area contributed by atoms with Crippen LogP contribution in [0, 0.1) is 0 Å². The van der Waals surface area contributed by atoms with Crippen LogP contribution >= 0.6 is 0 Å². The molecule has 0 radical (unpaired) electrons. The first-order chi connectivity index (χ1) is 11.2. The Labute approximate surface area is 130 Å². The molecule has 1 unspecified atom stereocenters. The Bertz CT molecular complexity index is 1100. The SMILES string of the molecule is OC1=c2c[n+]3ccc4cc5c(cc4c3cc2=CCC1O)OCO5. The van der Waals surface area contributed by atoms with Crippen molar-refractivity contribution in [2.75, 3.05) is 6.79 Å². The van der Waals surface area contributed by atoms with Gasteiger partial charge in [0, 0.05) is 12.1 Å². The zero-order chi connectivity index (χ0) is 15.6. The van der Waals surface area contributed by atoms with Crippen LogP contribution in [-0.4, -0.2) is 23.1 Å². The molecule has 0 saturated carbocycles. The van der Waals surface area contributed by atoms with E-state index in [1.54, 1.807) is 0 Å². The van der Waals surface area contributed by atoms with Gasteiger partial charge in [0.25, 0.3) is 0 Å². The number of hydrogen-bond donors (Lipinski definition) is 2. The number of fused-ring (bicyclic) bond motifs is 5. The molecule has 0 amide bonds. The van der Waals surface area contributed by atoms with E-state index in [4.69, 9.17) is 9.47 Å². The van der Waals surface area contributed by atoms with Crippen LogP contribution in [0.1, 0.15) is 6.42 Å². The first-order valence-corrected chi connectivity index (χ1v) is 7.49. The first kappa shape index (κ1) is 12.7. The van der Waals surface area contributed by atoms with Gasteiger partial charge in [-0.3, -0.25) is 0 Å². The molecule has 114 valence electrons. The zero-order valence-corrected chi connectivity index (χ0v) is 12.2. The van der Waals surface area contributed by atoms with E-state index in [2.05, 4.69) is 0 Å². The fourth-order valence-corrected chi connectivity index (χ4v) is 3.31. The van der Waals surface area contributed by atoms with E-state index in [-0.39, 0.29) is 12.6 Å². The van der Waals surface area contributed by atoms with Crippen molar-refractivity contribution in [1.29, 1.82) is 0 Å². The lowest BCUT2D eigenvalue weighted by Gasteiger charge is -2.11. The van der Waals surface area contributed by atoms with Gasteiger partial charge in [0.05, 0.1) is 10.6 Å². The molecular formula is C18H14NO4+. The minimum Gasteiger partial charge on any atom is -0.509 e. The molecule has 5 nitrogen and oxygen atoms in total. The number of ether oxygens (including phenoxy) is 2. The van der Waals surface area contributed by atoms with Gasteiger partial charge in [-0.1, -0.05) is 6.08 Å². The standard InChI is InChI=1S/C18H13NO4/c20-15-2-1-10-5-14-12-7-17-16(22-9-23-17)6-11(12)3-4-19(14)8-13(10)18(15)21/h1,3-8,15,20H,2,9H2/p+1. The smallest absolute Gasteiger partial charge is 0.231 e. The quantitative estimate of drug-likeness (QED) is 0.469. The summed E-state index contributed by atoms with van der Waals surface area (Å²) in [7, 11) is 0. The number of hydrogen-bond acceptors (Lipinski definition) is 4. The van der Waals surface area contributed by atoms with Crippen LogP contribution in [-0.2, 0) is 0 Å². The second kappa shape index (κ2) is 4.36. The number of rotatable bonds is 0.